The van der Waals surface area contributed by atoms with Crippen molar-refractivity contribution in [2.24, 2.45) is 0 Å². The maximum Gasteiger partial charge on any atom is 0.121 e. The number of piperidine rings is 1. The van der Waals surface area contributed by atoms with E-state index in [4.69, 9.17) is 9.72 Å². The van der Waals surface area contributed by atoms with Crippen LogP contribution < -0.4 is 4.74 Å². The third-order valence-electron chi connectivity index (χ3n) is 5.33. The lowest BCUT2D eigenvalue weighted by molar-refractivity contribution is 0.0956. The van der Waals surface area contributed by atoms with Crippen LogP contribution in [0.5, 0.6) is 5.75 Å². The van der Waals surface area contributed by atoms with E-state index in [1.165, 1.54) is 16.6 Å². The molecule has 3 aromatic rings. The van der Waals surface area contributed by atoms with E-state index in [2.05, 4.69) is 35.9 Å². The number of ether oxygens (including phenoxy) is 1. The number of nitrogens with one attached hydrogen (secondary N) is 1. The first-order valence-corrected chi connectivity index (χ1v) is 10.1. The smallest absolute Gasteiger partial charge is 0.121 e. The van der Waals surface area contributed by atoms with Crippen molar-refractivity contribution in [2.75, 3.05) is 13.1 Å². The third kappa shape index (κ3) is 4.33. The first-order chi connectivity index (χ1) is 13.2. The van der Waals surface area contributed by atoms with E-state index in [9.17, 15) is 0 Å². The standard InChI is InChI=1S/C23H29N3O/c1-3-7-18-14-17(2)15-21-23(18)25-22(24-21)16-26-12-10-20(11-13-26)27-19-8-5-4-6-9-19/h4-6,8-9,14-15,20H,3,7,10-13,16H2,1-2H3,(H,24,25). The van der Waals surface area contributed by atoms with Crippen molar-refractivity contribution in [3.8, 4) is 5.75 Å². The van der Waals surface area contributed by atoms with E-state index in [0.29, 0.717) is 6.10 Å². The summed E-state index contributed by atoms with van der Waals surface area (Å²) >= 11 is 0. The molecule has 0 spiro atoms. The number of benzene rings is 2. The fraction of sp³-hybridized carbons (Fsp3) is 0.435. The molecule has 1 saturated heterocycles. The number of likely N-dealkylation sites (tertiary alicyclic amines) is 1. The molecule has 0 aliphatic carbocycles. The highest BCUT2D eigenvalue weighted by Crippen LogP contribution is 2.23. The van der Waals surface area contributed by atoms with Gasteiger partial charge >= 0.3 is 0 Å². The van der Waals surface area contributed by atoms with Gasteiger partial charge in [0.1, 0.15) is 17.7 Å². The average molecular weight is 364 g/mol. The molecular formula is C23H29N3O. The van der Waals surface area contributed by atoms with Crippen LogP contribution in [0.3, 0.4) is 0 Å². The number of H-pyrrole nitrogens is 1. The normalized spacial score (nSPS) is 16.1. The maximum atomic E-state index is 6.11. The summed E-state index contributed by atoms with van der Waals surface area (Å²) in [5.41, 5.74) is 5.00. The zero-order valence-corrected chi connectivity index (χ0v) is 16.4. The van der Waals surface area contributed by atoms with Gasteiger partial charge in [-0.3, -0.25) is 4.90 Å². The van der Waals surface area contributed by atoms with Gasteiger partial charge in [-0.05, 0) is 55.5 Å². The lowest BCUT2D eigenvalue weighted by atomic mass is 10.1. The summed E-state index contributed by atoms with van der Waals surface area (Å²) in [6, 6.07) is 14.7. The van der Waals surface area contributed by atoms with Crippen molar-refractivity contribution < 1.29 is 4.74 Å². The predicted molar refractivity (Wildman–Crippen MR) is 110 cm³/mol. The fourth-order valence-corrected chi connectivity index (χ4v) is 4.02. The number of aromatic amines is 1. The molecule has 0 radical (unpaired) electrons. The highest BCUT2D eigenvalue weighted by atomic mass is 16.5. The van der Waals surface area contributed by atoms with Crippen LogP contribution in [-0.4, -0.2) is 34.1 Å². The van der Waals surface area contributed by atoms with Gasteiger partial charge in [0.05, 0.1) is 17.6 Å². The van der Waals surface area contributed by atoms with Crippen molar-refractivity contribution >= 4 is 11.0 Å². The molecule has 0 bridgehead atoms. The van der Waals surface area contributed by atoms with Crippen LogP contribution >= 0.6 is 0 Å². The molecule has 1 aliphatic heterocycles. The zero-order chi connectivity index (χ0) is 18.6. The number of fused-ring (bicyclic) bond motifs is 1. The summed E-state index contributed by atoms with van der Waals surface area (Å²) < 4.78 is 6.11. The van der Waals surface area contributed by atoms with Gasteiger partial charge in [0.25, 0.3) is 0 Å². The van der Waals surface area contributed by atoms with Crippen LogP contribution in [0.2, 0.25) is 0 Å². The van der Waals surface area contributed by atoms with E-state index in [0.717, 1.165) is 62.4 Å². The number of imidazole rings is 1. The van der Waals surface area contributed by atoms with Gasteiger partial charge in [-0.1, -0.05) is 37.6 Å². The highest BCUT2D eigenvalue weighted by molar-refractivity contribution is 5.79. The Bertz CT molecular complexity index is 879. The van der Waals surface area contributed by atoms with Crippen molar-refractivity contribution in [3.63, 3.8) is 0 Å². The number of aryl methyl sites for hydroxylation is 2. The third-order valence-corrected chi connectivity index (χ3v) is 5.33. The minimum atomic E-state index is 0.318. The molecule has 1 aliphatic rings. The second-order valence-corrected chi connectivity index (χ2v) is 7.66. The van der Waals surface area contributed by atoms with E-state index in [1.807, 2.05) is 30.3 Å². The van der Waals surface area contributed by atoms with Crippen LogP contribution in [0.25, 0.3) is 11.0 Å². The van der Waals surface area contributed by atoms with Gasteiger partial charge < -0.3 is 9.72 Å². The summed E-state index contributed by atoms with van der Waals surface area (Å²) in [5.74, 6) is 2.06. The van der Waals surface area contributed by atoms with Crippen molar-refractivity contribution in [1.82, 2.24) is 14.9 Å². The van der Waals surface area contributed by atoms with Gasteiger partial charge in [0.2, 0.25) is 0 Å². The zero-order valence-electron chi connectivity index (χ0n) is 16.4. The Balaban J connectivity index is 1.38. The lowest BCUT2D eigenvalue weighted by Crippen LogP contribution is -2.38. The van der Waals surface area contributed by atoms with Gasteiger partial charge in [0, 0.05) is 13.1 Å². The molecule has 1 aromatic heterocycles. The minimum absolute atomic E-state index is 0.318. The summed E-state index contributed by atoms with van der Waals surface area (Å²) in [6.45, 7) is 7.38. The Morgan fingerprint density at radius 2 is 1.93 bits per heavy atom. The van der Waals surface area contributed by atoms with E-state index in [1.54, 1.807) is 0 Å². The topological polar surface area (TPSA) is 41.2 Å². The summed E-state index contributed by atoms with van der Waals surface area (Å²) in [4.78, 5) is 11.0. The molecule has 2 heterocycles. The number of hydrogen-bond acceptors (Lipinski definition) is 3. The summed E-state index contributed by atoms with van der Waals surface area (Å²) in [6.07, 6.45) is 4.68. The van der Waals surface area contributed by atoms with Crippen LogP contribution in [0.1, 0.15) is 43.1 Å². The Labute approximate surface area is 161 Å². The van der Waals surface area contributed by atoms with Gasteiger partial charge in [0.15, 0.2) is 0 Å². The first kappa shape index (κ1) is 18.1. The molecular weight excluding hydrogens is 334 g/mol. The second-order valence-electron chi connectivity index (χ2n) is 7.66. The Kier molecular flexibility index (Phi) is 5.44. The average Bonchev–Trinajstić information content (AvgIpc) is 3.07. The van der Waals surface area contributed by atoms with Gasteiger partial charge in [-0.15, -0.1) is 0 Å². The largest absolute Gasteiger partial charge is 0.490 e. The minimum Gasteiger partial charge on any atom is -0.490 e. The quantitative estimate of drug-likeness (QED) is 0.679. The maximum absolute atomic E-state index is 6.11. The SMILES string of the molecule is CCCc1cc(C)cc2[nH]c(CN3CCC(Oc4ccccc4)CC3)nc12. The molecule has 4 rings (SSSR count). The van der Waals surface area contributed by atoms with Crippen LogP contribution in [0, 0.1) is 6.92 Å². The summed E-state index contributed by atoms with van der Waals surface area (Å²) in [7, 11) is 0. The van der Waals surface area contributed by atoms with Crippen molar-refractivity contribution in [3.05, 3.63) is 59.4 Å². The van der Waals surface area contributed by atoms with Crippen LogP contribution in [0.15, 0.2) is 42.5 Å². The molecule has 4 nitrogen and oxygen atoms in total. The molecule has 142 valence electrons. The predicted octanol–water partition coefficient (Wildman–Crippen LogP) is 4.87. The lowest BCUT2D eigenvalue weighted by Gasteiger charge is -2.31. The fourth-order valence-electron chi connectivity index (χ4n) is 4.02. The molecule has 27 heavy (non-hydrogen) atoms. The first-order valence-electron chi connectivity index (χ1n) is 10.1. The Hall–Kier alpha value is -2.33. The van der Waals surface area contributed by atoms with E-state index < -0.39 is 0 Å². The van der Waals surface area contributed by atoms with Gasteiger partial charge in [-0.2, -0.15) is 0 Å². The molecule has 1 N–H and O–H groups in total. The van der Waals surface area contributed by atoms with Gasteiger partial charge in [-0.25, -0.2) is 4.98 Å². The van der Waals surface area contributed by atoms with E-state index in [-0.39, 0.29) is 0 Å². The second kappa shape index (κ2) is 8.13. The van der Waals surface area contributed by atoms with E-state index >= 15 is 0 Å². The number of rotatable bonds is 6. The monoisotopic (exact) mass is 363 g/mol. The molecule has 0 amide bonds. The number of para-hydroxylation sites is 1. The van der Waals surface area contributed by atoms with Crippen molar-refractivity contribution in [1.29, 1.82) is 0 Å². The number of aromatic nitrogens is 2. The molecule has 0 saturated carbocycles. The van der Waals surface area contributed by atoms with Crippen molar-refractivity contribution in [2.45, 2.75) is 52.2 Å². The number of nitrogens with zero attached hydrogens (tertiary/aromatic N) is 2. The molecule has 0 atom stereocenters. The highest BCUT2D eigenvalue weighted by Gasteiger charge is 2.21. The van der Waals surface area contributed by atoms with Crippen LogP contribution in [0.4, 0.5) is 0 Å². The molecule has 4 heteroatoms. The molecule has 0 unspecified atom stereocenters. The molecule has 1 fully saturated rings. The number of hydrogen-bond donors (Lipinski definition) is 1. The molecule has 2 aromatic carbocycles. The summed E-state index contributed by atoms with van der Waals surface area (Å²) in [5, 5.41) is 0. The van der Waals surface area contributed by atoms with Crippen LogP contribution in [-0.2, 0) is 13.0 Å². The Morgan fingerprint density at radius 1 is 1.15 bits per heavy atom. The Morgan fingerprint density at radius 3 is 2.67 bits per heavy atom.